The molecule has 0 unspecified atom stereocenters. The normalized spacial score (nSPS) is 18.9. The average Bonchev–Trinajstić information content (AvgIpc) is 2.41. The first kappa shape index (κ1) is 13.1. The summed E-state index contributed by atoms with van der Waals surface area (Å²) < 4.78 is 13.9. The molecule has 17 heavy (non-hydrogen) atoms. The third-order valence-corrected chi connectivity index (χ3v) is 4.38. The van der Waals surface area contributed by atoms with Crippen LogP contribution in [0.1, 0.15) is 37.7 Å². The fourth-order valence-corrected chi connectivity index (χ4v) is 3.45. The van der Waals surface area contributed by atoms with Gasteiger partial charge in [0.1, 0.15) is 6.67 Å². The zero-order valence-electron chi connectivity index (χ0n) is 9.96. The Kier molecular flexibility index (Phi) is 5.01. The van der Waals surface area contributed by atoms with Gasteiger partial charge in [-0.2, -0.15) is 0 Å². The number of hydrogen-bond acceptors (Lipinski definition) is 0. The molecule has 1 aliphatic carbocycles. The first-order valence-corrected chi connectivity index (χ1v) is 7.40. The van der Waals surface area contributed by atoms with Gasteiger partial charge in [0.25, 0.3) is 0 Å². The third-order valence-electron chi connectivity index (χ3n) is 3.51. The number of benzene rings is 1. The standard InChI is InChI=1S/C15H18FI/c16-11-14(17)15(12-7-3-1-4-8-12)13-9-5-2-6-10-13/h1,3-4,7-8,13H,2,5-6,9-11H2/b15-14+. The van der Waals surface area contributed by atoms with E-state index in [1.165, 1.54) is 43.2 Å². The van der Waals surface area contributed by atoms with Gasteiger partial charge in [-0.1, -0.05) is 49.6 Å². The van der Waals surface area contributed by atoms with Crippen molar-refractivity contribution in [3.05, 3.63) is 39.5 Å². The molecule has 0 radical (unpaired) electrons. The fraction of sp³-hybridized carbons (Fsp3) is 0.467. The van der Waals surface area contributed by atoms with Crippen molar-refractivity contribution in [2.75, 3.05) is 6.67 Å². The highest BCUT2D eigenvalue weighted by Crippen LogP contribution is 2.38. The van der Waals surface area contributed by atoms with E-state index in [9.17, 15) is 4.39 Å². The van der Waals surface area contributed by atoms with Crippen molar-refractivity contribution >= 4 is 28.2 Å². The summed E-state index contributed by atoms with van der Waals surface area (Å²) in [6, 6.07) is 10.3. The van der Waals surface area contributed by atoms with E-state index in [2.05, 4.69) is 34.7 Å². The van der Waals surface area contributed by atoms with Crippen molar-refractivity contribution in [3.63, 3.8) is 0 Å². The van der Waals surface area contributed by atoms with Crippen molar-refractivity contribution in [1.29, 1.82) is 0 Å². The van der Waals surface area contributed by atoms with Crippen LogP contribution < -0.4 is 0 Å². The molecule has 0 N–H and O–H groups in total. The summed E-state index contributed by atoms with van der Waals surface area (Å²) in [7, 11) is 0. The lowest BCUT2D eigenvalue weighted by molar-refractivity contribution is 0.427. The van der Waals surface area contributed by atoms with Crippen molar-refractivity contribution in [1.82, 2.24) is 0 Å². The lowest BCUT2D eigenvalue weighted by Crippen LogP contribution is -2.10. The molecule has 0 saturated heterocycles. The van der Waals surface area contributed by atoms with E-state index in [0.29, 0.717) is 5.92 Å². The van der Waals surface area contributed by atoms with Crippen LogP contribution >= 0.6 is 22.6 Å². The number of halogens is 2. The maximum Gasteiger partial charge on any atom is 0.120 e. The van der Waals surface area contributed by atoms with Gasteiger partial charge >= 0.3 is 0 Å². The first-order chi connectivity index (χ1) is 8.33. The van der Waals surface area contributed by atoms with E-state index in [4.69, 9.17) is 0 Å². The lowest BCUT2D eigenvalue weighted by atomic mass is 9.81. The molecular formula is C15H18FI. The largest absolute Gasteiger partial charge is 0.245 e. The van der Waals surface area contributed by atoms with E-state index in [1.807, 2.05) is 18.2 Å². The Balaban J connectivity index is 2.32. The molecular weight excluding hydrogens is 326 g/mol. The summed E-state index contributed by atoms with van der Waals surface area (Å²) in [4.78, 5) is 0. The molecule has 2 heteroatoms. The van der Waals surface area contributed by atoms with E-state index >= 15 is 0 Å². The maximum absolute atomic E-state index is 13.0. The van der Waals surface area contributed by atoms with Crippen molar-refractivity contribution < 1.29 is 4.39 Å². The van der Waals surface area contributed by atoms with Crippen LogP contribution in [0, 0.1) is 5.92 Å². The number of alkyl halides is 1. The molecule has 1 aromatic carbocycles. The predicted octanol–water partition coefficient (Wildman–Crippen LogP) is 5.38. The second-order valence-electron chi connectivity index (χ2n) is 4.65. The fourth-order valence-electron chi connectivity index (χ4n) is 2.69. The highest BCUT2D eigenvalue weighted by molar-refractivity contribution is 14.1. The molecule has 1 saturated carbocycles. The molecule has 0 amide bonds. The van der Waals surface area contributed by atoms with Crippen LogP contribution in [0.4, 0.5) is 4.39 Å². The Morgan fingerprint density at radius 3 is 2.35 bits per heavy atom. The number of rotatable bonds is 3. The van der Waals surface area contributed by atoms with Gasteiger partial charge in [0.2, 0.25) is 0 Å². The average molecular weight is 344 g/mol. The van der Waals surface area contributed by atoms with Crippen LogP contribution in [0.25, 0.3) is 5.57 Å². The zero-order chi connectivity index (χ0) is 12.1. The number of hydrogen-bond donors (Lipinski definition) is 0. The summed E-state index contributed by atoms with van der Waals surface area (Å²) in [5, 5.41) is 0. The zero-order valence-corrected chi connectivity index (χ0v) is 12.1. The quantitative estimate of drug-likeness (QED) is 0.646. The Morgan fingerprint density at radius 1 is 1.12 bits per heavy atom. The first-order valence-electron chi connectivity index (χ1n) is 6.33. The van der Waals surface area contributed by atoms with Crippen LogP contribution in [0.3, 0.4) is 0 Å². The van der Waals surface area contributed by atoms with Gasteiger partial charge in [-0.05, 0) is 52.5 Å². The topological polar surface area (TPSA) is 0 Å². The molecule has 1 fully saturated rings. The highest BCUT2D eigenvalue weighted by Gasteiger charge is 2.21. The van der Waals surface area contributed by atoms with Crippen LogP contribution in [0.2, 0.25) is 0 Å². The molecule has 2 rings (SSSR count). The lowest BCUT2D eigenvalue weighted by Gasteiger charge is -2.26. The van der Waals surface area contributed by atoms with E-state index in [-0.39, 0.29) is 6.67 Å². The molecule has 0 aliphatic heterocycles. The van der Waals surface area contributed by atoms with Gasteiger partial charge in [-0.3, -0.25) is 0 Å². The molecule has 0 atom stereocenters. The van der Waals surface area contributed by atoms with Gasteiger partial charge in [0.05, 0.1) is 0 Å². The maximum atomic E-state index is 13.0. The Hall–Kier alpha value is -0.380. The molecule has 0 bridgehead atoms. The number of allylic oxidation sites excluding steroid dienone is 2. The molecule has 1 aromatic rings. The predicted molar refractivity (Wildman–Crippen MR) is 79.9 cm³/mol. The molecule has 0 aromatic heterocycles. The van der Waals surface area contributed by atoms with Crippen LogP contribution in [0.15, 0.2) is 33.9 Å². The third kappa shape index (κ3) is 3.30. The van der Waals surface area contributed by atoms with Crippen molar-refractivity contribution in [2.45, 2.75) is 32.1 Å². The van der Waals surface area contributed by atoms with Crippen molar-refractivity contribution in [2.24, 2.45) is 5.92 Å². The van der Waals surface area contributed by atoms with Crippen LogP contribution in [-0.4, -0.2) is 6.67 Å². The Labute approximate surface area is 116 Å². The van der Waals surface area contributed by atoms with Gasteiger partial charge in [0, 0.05) is 3.58 Å². The molecule has 0 spiro atoms. The van der Waals surface area contributed by atoms with Crippen LogP contribution in [-0.2, 0) is 0 Å². The molecule has 0 heterocycles. The van der Waals surface area contributed by atoms with Crippen LogP contribution in [0.5, 0.6) is 0 Å². The molecule has 1 aliphatic rings. The summed E-state index contributed by atoms with van der Waals surface area (Å²) >= 11 is 2.18. The summed E-state index contributed by atoms with van der Waals surface area (Å²) in [6.07, 6.45) is 6.35. The van der Waals surface area contributed by atoms with Gasteiger partial charge in [-0.15, -0.1) is 0 Å². The second-order valence-corrected chi connectivity index (χ2v) is 5.96. The van der Waals surface area contributed by atoms with E-state index in [0.717, 1.165) is 3.58 Å². The van der Waals surface area contributed by atoms with E-state index in [1.54, 1.807) is 0 Å². The minimum absolute atomic E-state index is 0.332. The van der Waals surface area contributed by atoms with E-state index < -0.39 is 0 Å². The van der Waals surface area contributed by atoms with Gasteiger partial charge < -0.3 is 0 Å². The second kappa shape index (κ2) is 6.53. The molecule has 92 valence electrons. The molecule has 0 nitrogen and oxygen atoms in total. The minimum Gasteiger partial charge on any atom is -0.245 e. The van der Waals surface area contributed by atoms with Gasteiger partial charge in [0.15, 0.2) is 0 Å². The Bertz CT molecular complexity index is 377. The summed E-state index contributed by atoms with van der Waals surface area (Å²) in [5.74, 6) is 0.564. The van der Waals surface area contributed by atoms with Crippen molar-refractivity contribution in [3.8, 4) is 0 Å². The van der Waals surface area contributed by atoms with Gasteiger partial charge in [-0.25, -0.2) is 4.39 Å². The summed E-state index contributed by atoms with van der Waals surface area (Å²) in [6.45, 7) is -0.332. The minimum atomic E-state index is -0.332. The Morgan fingerprint density at radius 2 is 1.76 bits per heavy atom. The monoisotopic (exact) mass is 344 g/mol. The summed E-state index contributed by atoms with van der Waals surface area (Å²) in [5.41, 5.74) is 2.47. The smallest absolute Gasteiger partial charge is 0.120 e. The highest BCUT2D eigenvalue weighted by atomic mass is 127. The SMILES string of the molecule is FC/C(I)=C(/c1ccccc1)C1CCCCC1.